The van der Waals surface area contributed by atoms with Gasteiger partial charge in [-0.15, -0.1) is 0 Å². The van der Waals surface area contributed by atoms with Crippen molar-refractivity contribution in [1.29, 1.82) is 0 Å². The molecule has 0 aliphatic rings. The topological polar surface area (TPSA) is 0 Å². The van der Waals surface area contributed by atoms with Gasteiger partial charge in [-0.3, -0.25) is 0 Å². The molecule has 2 aromatic rings. The maximum atomic E-state index is 13.5. The van der Waals surface area contributed by atoms with Crippen LogP contribution in [0.1, 0.15) is 16.7 Å². The highest BCUT2D eigenvalue weighted by Gasteiger charge is 2.03. The van der Waals surface area contributed by atoms with Crippen molar-refractivity contribution in [3.05, 3.63) is 70.8 Å². The second-order valence-electron chi connectivity index (χ2n) is 3.90. The second kappa shape index (κ2) is 4.44. The fourth-order valence-corrected chi connectivity index (χ4v) is 1.62. The standard InChI is InChI=1S/C14H12F2/c1-10-2-5-12(14(16)8-10)9-11-3-6-13(15)7-4-11/h2-8H,9H2,1H3. The summed E-state index contributed by atoms with van der Waals surface area (Å²) in [4.78, 5) is 0. The minimum absolute atomic E-state index is 0.204. The van der Waals surface area contributed by atoms with E-state index in [2.05, 4.69) is 0 Å². The fourth-order valence-electron chi connectivity index (χ4n) is 1.62. The van der Waals surface area contributed by atoms with E-state index in [4.69, 9.17) is 0 Å². The highest BCUT2D eigenvalue weighted by Crippen LogP contribution is 2.15. The van der Waals surface area contributed by atoms with Crippen molar-refractivity contribution in [2.24, 2.45) is 0 Å². The van der Waals surface area contributed by atoms with Crippen LogP contribution in [0, 0.1) is 18.6 Å². The SMILES string of the molecule is Cc1ccc(Cc2ccc(F)cc2)c(F)c1. The predicted molar refractivity (Wildman–Crippen MR) is 60.3 cm³/mol. The Morgan fingerprint density at radius 1 is 0.938 bits per heavy atom. The third kappa shape index (κ3) is 2.45. The predicted octanol–water partition coefficient (Wildman–Crippen LogP) is 3.86. The van der Waals surface area contributed by atoms with E-state index in [0.717, 1.165) is 11.1 Å². The van der Waals surface area contributed by atoms with E-state index < -0.39 is 0 Å². The van der Waals surface area contributed by atoms with E-state index in [1.165, 1.54) is 18.2 Å². The molecule has 0 radical (unpaired) electrons. The highest BCUT2D eigenvalue weighted by atomic mass is 19.1. The zero-order chi connectivity index (χ0) is 11.5. The van der Waals surface area contributed by atoms with Crippen LogP contribution in [0.2, 0.25) is 0 Å². The lowest BCUT2D eigenvalue weighted by Crippen LogP contribution is -1.93. The van der Waals surface area contributed by atoms with Gasteiger partial charge in [0, 0.05) is 6.42 Å². The van der Waals surface area contributed by atoms with Gasteiger partial charge in [0.25, 0.3) is 0 Å². The van der Waals surface area contributed by atoms with Gasteiger partial charge in [-0.1, -0.05) is 24.3 Å². The minimum Gasteiger partial charge on any atom is -0.207 e. The molecule has 0 atom stereocenters. The summed E-state index contributed by atoms with van der Waals surface area (Å²) in [6.45, 7) is 1.85. The van der Waals surface area contributed by atoms with E-state index >= 15 is 0 Å². The second-order valence-corrected chi connectivity index (χ2v) is 3.90. The maximum absolute atomic E-state index is 13.5. The van der Waals surface area contributed by atoms with Crippen LogP contribution >= 0.6 is 0 Å². The fraction of sp³-hybridized carbons (Fsp3) is 0.143. The first kappa shape index (κ1) is 10.8. The monoisotopic (exact) mass is 218 g/mol. The summed E-state index contributed by atoms with van der Waals surface area (Å²) < 4.78 is 26.2. The van der Waals surface area contributed by atoms with Crippen LogP contribution in [-0.2, 0) is 6.42 Å². The molecule has 16 heavy (non-hydrogen) atoms. The largest absolute Gasteiger partial charge is 0.207 e. The van der Waals surface area contributed by atoms with Gasteiger partial charge >= 0.3 is 0 Å². The molecule has 0 aliphatic heterocycles. The number of benzene rings is 2. The van der Waals surface area contributed by atoms with Gasteiger partial charge in [0.05, 0.1) is 0 Å². The van der Waals surface area contributed by atoms with Crippen LogP contribution in [0.4, 0.5) is 8.78 Å². The van der Waals surface area contributed by atoms with Crippen molar-refractivity contribution in [3.8, 4) is 0 Å². The molecule has 0 saturated heterocycles. The Hall–Kier alpha value is -1.70. The van der Waals surface area contributed by atoms with Crippen LogP contribution in [0.3, 0.4) is 0 Å². The Bertz CT molecular complexity index is 487. The first-order valence-electron chi connectivity index (χ1n) is 5.14. The maximum Gasteiger partial charge on any atom is 0.126 e. The number of hydrogen-bond acceptors (Lipinski definition) is 0. The van der Waals surface area contributed by atoms with E-state index in [9.17, 15) is 8.78 Å². The van der Waals surface area contributed by atoms with Crippen LogP contribution in [0.25, 0.3) is 0 Å². The van der Waals surface area contributed by atoms with Crippen molar-refractivity contribution in [2.45, 2.75) is 13.3 Å². The number of rotatable bonds is 2. The molecule has 0 fully saturated rings. The first-order valence-corrected chi connectivity index (χ1v) is 5.14. The molecule has 0 aromatic heterocycles. The average molecular weight is 218 g/mol. The third-order valence-corrected chi connectivity index (χ3v) is 2.52. The molecule has 0 nitrogen and oxygen atoms in total. The summed E-state index contributed by atoms with van der Waals surface area (Å²) in [7, 11) is 0. The quantitative estimate of drug-likeness (QED) is 0.718. The summed E-state index contributed by atoms with van der Waals surface area (Å²) in [5.41, 5.74) is 2.45. The van der Waals surface area contributed by atoms with Crippen molar-refractivity contribution >= 4 is 0 Å². The van der Waals surface area contributed by atoms with Crippen molar-refractivity contribution < 1.29 is 8.78 Å². The molecule has 82 valence electrons. The van der Waals surface area contributed by atoms with E-state index in [-0.39, 0.29) is 11.6 Å². The van der Waals surface area contributed by atoms with Crippen LogP contribution in [0.15, 0.2) is 42.5 Å². The Morgan fingerprint density at radius 3 is 2.25 bits per heavy atom. The van der Waals surface area contributed by atoms with Gasteiger partial charge in [-0.2, -0.15) is 0 Å². The smallest absolute Gasteiger partial charge is 0.126 e. The van der Waals surface area contributed by atoms with Gasteiger partial charge in [-0.05, 0) is 41.8 Å². The van der Waals surface area contributed by atoms with Gasteiger partial charge < -0.3 is 0 Å². The Morgan fingerprint density at radius 2 is 1.62 bits per heavy atom. The highest BCUT2D eigenvalue weighted by molar-refractivity contribution is 5.29. The summed E-state index contributed by atoms with van der Waals surface area (Å²) >= 11 is 0. The third-order valence-electron chi connectivity index (χ3n) is 2.52. The summed E-state index contributed by atoms with van der Waals surface area (Å²) in [6, 6.07) is 11.3. The molecule has 2 heteroatoms. The number of halogens is 2. The Balaban J connectivity index is 2.23. The first-order chi connectivity index (χ1) is 7.65. The average Bonchev–Trinajstić information content (AvgIpc) is 2.25. The molecule has 2 rings (SSSR count). The normalized spacial score (nSPS) is 10.4. The van der Waals surface area contributed by atoms with Gasteiger partial charge in [-0.25, -0.2) is 8.78 Å². The molecule has 2 aromatic carbocycles. The van der Waals surface area contributed by atoms with Gasteiger partial charge in [0.1, 0.15) is 11.6 Å². The zero-order valence-corrected chi connectivity index (χ0v) is 9.00. The lowest BCUT2D eigenvalue weighted by atomic mass is 10.0. The molecule has 0 N–H and O–H groups in total. The molecule has 0 saturated carbocycles. The van der Waals surface area contributed by atoms with Crippen LogP contribution < -0.4 is 0 Å². The molecule has 0 bridgehead atoms. The van der Waals surface area contributed by atoms with Crippen LogP contribution in [-0.4, -0.2) is 0 Å². The lowest BCUT2D eigenvalue weighted by Gasteiger charge is -2.04. The number of aryl methyl sites for hydroxylation is 1. The summed E-state index contributed by atoms with van der Waals surface area (Å²) in [5, 5.41) is 0. The Labute approximate surface area is 93.5 Å². The minimum atomic E-state index is -0.270. The molecular formula is C14H12F2. The van der Waals surface area contributed by atoms with Crippen LogP contribution in [0.5, 0.6) is 0 Å². The van der Waals surface area contributed by atoms with Crippen molar-refractivity contribution in [1.82, 2.24) is 0 Å². The zero-order valence-electron chi connectivity index (χ0n) is 9.00. The van der Waals surface area contributed by atoms with Crippen molar-refractivity contribution in [2.75, 3.05) is 0 Å². The lowest BCUT2D eigenvalue weighted by molar-refractivity contribution is 0.612. The van der Waals surface area contributed by atoms with Gasteiger partial charge in [0.2, 0.25) is 0 Å². The van der Waals surface area contributed by atoms with E-state index in [0.29, 0.717) is 12.0 Å². The molecule has 0 unspecified atom stereocenters. The number of hydrogen-bond donors (Lipinski definition) is 0. The Kier molecular flexibility index (Phi) is 3.00. The molecular weight excluding hydrogens is 206 g/mol. The van der Waals surface area contributed by atoms with Crippen molar-refractivity contribution in [3.63, 3.8) is 0 Å². The van der Waals surface area contributed by atoms with Gasteiger partial charge in [0.15, 0.2) is 0 Å². The van der Waals surface area contributed by atoms with E-state index in [1.54, 1.807) is 18.2 Å². The summed E-state index contributed by atoms with van der Waals surface area (Å²) in [6.07, 6.45) is 0.492. The molecule has 0 heterocycles. The molecule has 0 spiro atoms. The molecule has 0 amide bonds. The summed E-state index contributed by atoms with van der Waals surface area (Å²) in [5.74, 6) is -0.475. The van der Waals surface area contributed by atoms with E-state index in [1.807, 2.05) is 13.0 Å². The molecule has 0 aliphatic carbocycles.